The number of benzene rings is 2. The van der Waals surface area contributed by atoms with Crippen molar-refractivity contribution in [1.29, 1.82) is 0 Å². The van der Waals surface area contributed by atoms with E-state index < -0.39 is 5.97 Å². The largest absolute Gasteiger partial charge is 0.478 e. The molecular weight excluding hydrogens is 262 g/mol. The first-order valence-corrected chi connectivity index (χ1v) is 7.34. The number of hydrogen-bond donors (Lipinski definition) is 1. The fourth-order valence-corrected chi connectivity index (χ4v) is 2.87. The first kappa shape index (κ1) is 13.7. The number of anilines is 1. The van der Waals surface area contributed by atoms with E-state index in [4.69, 9.17) is 0 Å². The van der Waals surface area contributed by atoms with Crippen LogP contribution in [-0.2, 0) is 0 Å². The van der Waals surface area contributed by atoms with Gasteiger partial charge in [-0.05, 0) is 43.0 Å². The van der Waals surface area contributed by atoms with Crippen molar-refractivity contribution >= 4 is 11.7 Å². The normalized spacial score (nSPS) is 14.4. The molecule has 21 heavy (non-hydrogen) atoms. The molecule has 0 atom stereocenters. The van der Waals surface area contributed by atoms with Crippen LogP contribution in [0.3, 0.4) is 0 Å². The minimum absolute atomic E-state index is 0.398. The van der Waals surface area contributed by atoms with Gasteiger partial charge in [0, 0.05) is 13.1 Å². The van der Waals surface area contributed by atoms with Gasteiger partial charge in [-0.25, -0.2) is 4.79 Å². The quantitative estimate of drug-likeness (QED) is 0.925. The zero-order valence-electron chi connectivity index (χ0n) is 12.2. The Morgan fingerprint density at radius 2 is 1.62 bits per heavy atom. The van der Waals surface area contributed by atoms with E-state index in [1.165, 1.54) is 5.56 Å². The van der Waals surface area contributed by atoms with Gasteiger partial charge >= 0.3 is 5.97 Å². The molecule has 108 valence electrons. The predicted octanol–water partition coefficient (Wildman–Crippen LogP) is 3.96. The molecule has 3 rings (SSSR count). The number of carboxylic acid groups (broad SMARTS) is 1. The Labute approximate surface area is 124 Å². The number of aryl methyl sites for hydroxylation is 1. The summed E-state index contributed by atoms with van der Waals surface area (Å²) in [4.78, 5) is 13.8. The zero-order chi connectivity index (χ0) is 14.8. The Balaban J connectivity index is 2.02. The molecule has 0 aromatic heterocycles. The van der Waals surface area contributed by atoms with Crippen LogP contribution in [0.5, 0.6) is 0 Å². The van der Waals surface area contributed by atoms with Crippen molar-refractivity contribution in [1.82, 2.24) is 0 Å². The van der Waals surface area contributed by atoms with Crippen LogP contribution in [0.2, 0.25) is 0 Å². The maximum atomic E-state index is 11.6. The molecular formula is C18H19NO2. The molecule has 1 fully saturated rings. The Hall–Kier alpha value is -2.29. The van der Waals surface area contributed by atoms with Crippen LogP contribution in [0.1, 0.15) is 28.8 Å². The second-order valence-electron chi connectivity index (χ2n) is 5.60. The summed E-state index contributed by atoms with van der Waals surface area (Å²) >= 11 is 0. The average molecular weight is 281 g/mol. The Kier molecular flexibility index (Phi) is 3.65. The van der Waals surface area contributed by atoms with Crippen molar-refractivity contribution < 1.29 is 9.90 Å². The van der Waals surface area contributed by atoms with Crippen molar-refractivity contribution in [2.24, 2.45) is 0 Å². The summed E-state index contributed by atoms with van der Waals surface area (Å²) < 4.78 is 0. The van der Waals surface area contributed by atoms with E-state index in [2.05, 4.69) is 4.90 Å². The molecule has 0 amide bonds. The van der Waals surface area contributed by atoms with Crippen molar-refractivity contribution in [3.05, 3.63) is 53.6 Å². The third-order valence-corrected chi connectivity index (χ3v) is 4.06. The summed E-state index contributed by atoms with van der Waals surface area (Å²) in [5.41, 5.74) is 4.45. The van der Waals surface area contributed by atoms with E-state index in [-0.39, 0.29) is 0 Å². The number of carboxylic acids is 1. The average Bonchev–Trinajstić information content (AvgIpc) is 3.01. The van der Waals surface area contributed by atoms with Gasteiger partial charge in [0.05, 0.1) is 11.3 Å². The lowest BCUT2D eigenvalue weighted by Crippen LogP contribution is -2.20. The molecule has 0 aliphatic carbocycles. The van der Waals surface area contributed by atoms with Crippen molar-refractivity contribution in [3.8, 4) is 11.1 Å². The molecule has 0 spiro atoms. The van der Waals surface area contributed by atoms with Crippen LogP contribution in [0.15, 0.2) is 42.5 Å². The molecule has 1 N–H and O–H groups in total. The highest BCUT2D eigenvalue weighted by atomic mass is 16.4. The van der Waals surface area contributed by atoms with E-state index in [0.29, 0.717) is 5.56 Å². The maximum absolute atomic E-state index is 11.6. The second kappa shape index (κ2) is 5.60. The van der Waals surface area contributed by atoms with Crippen molar-refractivity contribution in [3.63, 3.8) is 0 Å². The lowest BCUT2D eigenvalue weighted by atomic mass is 10.0. The van der Waals surface area contributed by atoms with Crippen LogP contribution in [0.25, 0.3) is 11.1 Å². The number of nitrogens with zero attached hydrogens (tertiary/aromatic N) is 1. The smallest absolute Gasteiger partial charge is 0.337 e. The molecule has 0 bridgehead atoms. The lowest BCUT2D eigenvalue weighted by Gasteiger charge is -2.20. The van der Waals surface area contributed by atoms with E-state index in [0.717, 1.165) is 42.7 Å². The topological polar surface area (TPSA) is 40.5 Å². The molecule has 1 aliphatic rings. The fourth-order valence-electron chi connectivity index (χ4n) is 2.87. The number of aromatic carboxylic acids is 1. The highest BCUT2D eigenvalue weighted by Crippen LogP contribution is 2.30. The van der Waals surface area contributed by atoms with Gasteiger partial charge in [-0.1, -0.05) is 35.9 Å². The molecule has 3 heteroatoms. The van der Waals surface area contributed by atoms with Gasteiger partial charge in [-0.15, -0.1) is 0 Å². The summed E-state index contributed by atoms with van der Waals surface area (Å²) in [5, 5.41) is 9.51. The van der Waals surface area contributed by atoms with Crippen molar-refractivity contribution in [2.45, 2.75) is 19.8 Å². The summed E-state index contributed by atoms with van der Waals surface area (Å²) in [5.74, 6) is -0.856. The molecule has 1 saturated heterocycles. The Bertz CT molecular complexity index is 655. The third kappa shape index (κ3) is 2.77. The Morgan fingerprint density at radius 3 is 2.24 bits per heavy atom. The molecule has 0 radical (unpaired) electrons. The van der Waals surface area contributed by atoms with E-state index >= 15 is 0 Å². The molecule has 0 unspecified atom stereocenters. The Morgan fingerprint density at radius 1 is 1.00 bits per heavy atom. The number of rotatable bonds is 3. The summed E-state index contributed by atoms with van der Waals surface area (Å²) in [6, 6.07) is 13.9. The van der Waals surface area contributed by atoms with Crippen LogP contribution < -0.4 is 4.90 Å². The zero-order valence-corrected chi connectivity index (χ0v) is 12.2. The lowest BCUT2D eigenvalue weighted by molar-refractivity contribution is 0.0697. The SMILES string of the molecule is Cc1ccc(-c2ccc(N3CCCC3)c(C(=O)O)c2)cc1. The minimum atomic E-state index is -0.856. The number of hydrogen-bond acceptors (Lipinski definition) is 2. The van der Waals surface area contributed by atoms with E-state index in [9.17, 15) is 9.90 Å². The first-order chi connectivity index (χ1) is 10.1. The second-order valence-corrected chi connectivity index (χ2v) is 5.60. The highest BCUT2D eigenvalue weighted by Gasteiger charge is 2.19. The van der Waals surface area contributed by atoms with Crippen LogP contribution in [0.4, 0.5) is 5.69 Å². The predicted molar refractivity (Wildman–Crippen MR) is 85.0 cm³/mol. The molecule has 1 aliphatic heterocycles. The molecule has 2 aromatic rings. The fraction of sp³-hybridized carbons (Fsp3) is 0.278. The van der Waals surface area contributed by atoms with Gasteiger partial charge in [0.25, 0.3) is 0 Å². The molecule has 0 saturated carbocycles. The summed E-state index contributed by atoms with van der Waals surface area (Å²) in [6.45, 7) is 3.94. The van der Waals surface area contributed by atoms with Gasteiger partial charge < -0.3 is 10.0 Å². The van der Waals surface area contributed by atoms with Gasteiger partial charge in [0.15, 0.2) is 0 Å². The maximum Gasteiger partial charge on any atom is 0.337 e. The van der Waals surface area contributed by atoms with Gasteiger partial charge in [-0.3, -0.25) is 0 Å². The van der Waals surface area contributed by atoms with Gasteiger partial charge in [0.2, 0.25) is 0 Å². The first-order valence-electron chi connectivity index (χ1n) is 7.34. The standard InChI is InChI=1S/C18H19NO2/c1-13-4-6-14(7-5-13)15-8-9-17(16(12-15)18(20)21)19-10-2-3-11-19/h4-9,12H,2-3,10-11H2,1H3,(H,20,21). The van der Waals surface area contributed by atoms with Crippen molar-refractivity contribution in [2.75, 3.05) is 18.0 Å². The van der Waals surface area contributed by atoms with Crippen LogP contribution >= 0.6 is 0 Å². The van der Waals surface area contributed by atoms with Gasteiger partial charge in [0.1, 0.15) is 0 Å². The van der Waals surface area contributed by atoms with E-state index in [1.807, 2.05) is 43.3 Å². The van der Waals surface area contributed by atoms with Gasteiger partial charge in [-0.2, -0.15) is 0 Å². The monoisotopic (exact) mass is 281 g/mol. The number of carbonyl (C=O) groups is 1. The summed E-state index contributed by atoms with van der Waals surface area (Å²) in [6.07, 6.45) is 2.28. The summed E-state index contributed by atoms with van der Waals surface area (Å²) in [7, 11) is 0. The minimum Gasteiger partial charge on any atom is -0.478 e. The molecule has 3 nitrogen and oxygen atoms in total. The van der Waals surface area contributed by atoms with E-state index in [1.54, 1.807) is 6.07 Å². The van der Waals surface area contributed by atoms with Crippen LogP contribution in [0, 0.1) is 6.92 Å². The van der Waals surface area contributed by atoms with Crippen LogP contribution in [-0.4, -0.2) is 24.2 Å². The highest BCUT2D eigenvalue weighted by molar-refractivity contribution is 5.96. The molecule has 2 aromatic carbocycles. The molecule has 1 heterocycles. The third-order valence-electron chi connectivity index (χ3n) is 4.06.